The van der Waals surface area contributed by atoms with E-state index in [0.29, 0.717) is 17.4 Å². The molecular weight excluding hydrogens is 362 g/mol. The summed E-state index contributed by atoms with van der Waals surface area (Å²) in [4.78, 5) is 28.6. The molecule has 0 aliphatic carbocycles. The number of halogens is 1. The summed E-state index contributed by atoms with van der Waals surface area (Å²) in [5.41, 5.74) is 0.402. The Labute approximate surface area is 142 Å². The van der Waals surface area contributed by atoms with Crippen molar-refractivity contribution in [2.75, 3.05) is 13.2 Å². The fourth-order valence-corrected chi connectivity index (χ4v) is 3.06. The van der Waals surface area contributed by atoms with Crippen molar-refractivity contribution in [2.45, 2.75) is 31.9 Å². The molecule has 2 aromatic rings. The van der Waals surface area contributed by atoms with Crippen molar-refractivity contribution in [3.05, 3.63) is 39.4 Å². The number of carbonyl (C=O) groups is 1. The highest BCUT2D eigenvalue weighted by atomic mass is 79.9. The van der Waals surface area contributed by atoms with Gasteiger partial charge in [-0.3, -0.25) is 14.2 Å². The number of hydrogen-bond acceptors (Lipinski definition) is 4. The molecule has 0 saturated carbocycles. The standard InChI is InChI=1S/C16H18BrN3O3/c17-11-3-4-14-13(8-11)16(22)20(10-19-14)9-15(21)18-6-5-12-2-1-7-23-12/h3-4,8,10,12H,1-2,5-7,9H2,(H,18,21). The number of benzene rings is 1. The molecule has 1 saturated heterocycles. The van der Waals surface area contributed by atoms with Gasteiger partial charge in [0, 0.05) is 17.6 Å². The molecule has 1 aromatic heterocycles. The highest BCUT2D eigenvalue weighted by Crippen LogP contribution is 2.15. The Morgan fingerprint density at radius 1 is 1.48 bits per heavy atom. The van der Waals surface area contributed by atoms with Crippen LogP contribution in [0.2, 0.25) is 0 Å². The molecule has 0 radical (unpaired) electrons. The van der Waals surface area contributed by atoms with E-state index in [-0.39, 0.29) is 24.1 Å². The van der Waals surface area contributed by atoms with Gasteiger partial charge in [-0.2, -0.15) is 0 Å². The number of ether oxygens (including phenoxy) is 1. The second kappa shape index (κ2) is 7.23. The molecule has 1 atom stereocenters. The van der Waals surface area contributed by atoms with Crippen LogP contribution >= 0.6 is 15.9 Å². The number of amides is 1. The fourth-order valence-electron chi connectivity index (χ4n) is 2.70. The lowest BCUT2D eigenvalue weighted by Crippen LogP contribution is -2.33. The van der Waals surface area contributed by atoms with Crippen LogP contribution in [0, 0.1) is 0 Å². The lowest BCUT2D eigenvalue weighted by Gasteiger charge is -2.11. The zero-order valence-electron chi connectivity index (χ0n) is 12.6. The molecule has 3 rings (SSSR count). The van der Waals surface area contributed by atoms with Crippen molar-refractivity contribution >= 4 is 32.7 Å². The third kappa shape index (κ3) is 3.97. The summed E-state index contributed by atoms with van der Waals surface area (Å²) in [7, 11) is 0. The Balaban J connectivity index is 1.62. The zero-order valence-corrected chi connectivity index (χ0v) is 14.2. The van der Waals surface area contributed by atoms with Gasteiger partial charge in [0.1, 0.15) is 6.54 Å². The number of nitrogens with one attached hydrogen (secondary N) is 1. The van der Waals surface area contributed by atoms with Crippen molar-refractivity contribution in [3.63, 3.8) is 0 Å². The van der Waals surface area contributed by atoms with Crippen molar-refractivity contribution in [1.29, 1.82) is 0 Å². The summed E-state index contributed by atoms with van der Waals surface area (Å²) >= 11 is 3.34. The van der Waals surface area contributed by atoms with Crippen LogP contribution in [-0.2, 0) is 16.1 Å². The third-order valence-electron chi connectivity index (χ3n) is 3.91. The number of rotatable bonds is 5. The molecule has 1 aliphatic rings. The second-order valence-corrected chi connectivity index (χ2v) is 6.53. The van der Waals surface area contributed by atoms with E-state index < -0.39 is 0 Å². The minimum Gasteiger partial charge on any atom is -0.378 e. The first-order valence-corrected chi connectivity index (χ1v) is 8.46. The summed E-state index contributed by atoms with van der Waals surface area (Å²) in [6.07, 6.45) is 4.62. The molecular formula is C16H18BrN3O3. The van der Waals surface area contributed by atoms with Crippen LogP contribution in [0.5, 0.6) is 0 Å². The van der Waals surface area contributed by atoms with E-state index in [1.54, 1.807) is 12.1 Å². The van der Waals surface area contributed by atoms with Gasteiger partial charge in [-0.15, -0.1) is 0 Å². The first-order valence-electron chi connectivity index (χ1n) is 7.66. The molecule has 0 bridgehead atoms. The SMILES string of the molecule is O=C(Cn1cnc2ccc(Br)cc2c1=O)NCCC1CCCO1. The van der Waals surface area contributed by atoms with E-state index in [4.69, 9.17) is 4.74 Å². The van der Waals surface area contributed by atoms with Gasteiger partial charge < -0.3 is 10.1 Å². The maximum atomic E-state index is 12.4. The van der Waals surface area contributed by atoms with Crippen LogP contribution in [0.3, 0.4) is 0 Å². The number of fused-ring (bicyclic) bond motifs is 1. The van der Waals surface area contributed by atoms with Crippen LogP contribution in [0.1, 0.15) is 19.3 Å². The third-order valence-corrected chi connectivity index (χ3v) is 4.41. The molecule has 1 amide bonds. The fraction of sp³-hybridized carbons (Fsp3) is 0.438. The largest absolute Gasteiger partial charge is 0.378 e. The van der Waals surface area contributed by atoms with Gasteiger partial charge in [0.15, 0.2) is 0 Å². The molecule has 7 heteroatoms. The zero-order chi connectivity index (χ0) is 16.2. The molecule has 1 aromatic carbocycles. The lowest BCUT2D eigenvalue weighted by atomic mass is 10.2. The summed E-state index contributed by atoms with van der Waals surface area (Å²) in [5.74, 6) is -0.193. The number of nitrogens with zero attached hydrogens (tertiary/aromatic N) is 2. The Morgan fingerprint density at radius 3 is 3.13 bits per heavy atom. The molecule has 6 nitrogen and oxygen atoms in total. The Bertz CT molecular complexity index is 769. The highest BCUT2D eigenvalue weighted by molar-refractivity contribution is 9.10. The Hall–Kier alpha value is -1.73. The topological polar surface area (TPSA) is 73.2 Å². The second-order valence-electron chi connectivity index (χ2n) is 5.61. The number of carbonyl (C=O) groups excluding carboxylic acids is 1. The Kier molecular flexibility index (Phi) is 5.07. The van der Waals surface area contributed by atoms with E-state index in [2.05, 4.69) is 26.2 Å². The predicted octanol–water partition coefficient (Wildman–Crippen LogP) is 1.84. The predicted molar refractivity (Wildman–Crippen MR) is 90.3 cm³/mol. The van der Waals surface area contributed by atoms with Crippen LogP contribution in [-0.4, -0.2) is 34.7 Å². The van der Waals surface area contributed by atoms with Gasteiger partial charge in [-0.1, -0.05) is 15.9 Å². The average Bonchev–Trinajstić information content (AvgIpc) is 3.04. The van der Waals surface area contributed by atoms with Crippen molar-refractivity contribution in [3.8, 4) is 0 Å². The van der Waals surface area contributed by atoms with E-state index >= 15 is 0 Å². The molecule has 1 aliphatic heterocycles. The maximum Gasteiger partial charge on any atom is 0.261 e. The van der Waals surface area contributed by atoms with Gasteiger partial charge in [0.05, 0.1) is 23.3 Å². The van der Waals surface area contributed by atoms with Gasteiger partial charge in [-0.25, -0.2) is 4.98 Å². The molecule has 23 heavy (non-hydrogen) atoms. The average molecular weight is 380 g/mol. The molecule has 1 N–H and O–H groups in total. The minimum atomic E-state index is -0.217. The highest BCUT2D eigenvalue weighted by Gasteiger charge is 2.15. The van der Waals surface area contributed by atoms with Crippen molar-refractivity contribution < 1.29 is 9.53 Å². The smallest absolute Gasteiger partial charge is 0.261 e. The van der Waals surface area contributed by atoms with E-state index in [0.717, 1.165) is 30.3 Å². The van der Waals surface area contributed by atoms with Gasteiger partial charge in [0.25, 0.3) is 5.56 Å². The lowest BCUT2D eigenvalue weighted by molar-refractivity contribution is -0.121. The monoisotopic (exact) mass is 379 g/mol. The van der Waals surface area contributed by atoms with Crippen LogP contribution in [0.4, 0.5) is 0 Å². The number of aromatic nitrogens is 2. The molecule has 1 unspecified atom stereocenters. The normalized spacial score (nSPS) is 17.5. The van der Waals surface area contributed by atoms with E-state index in [9.17, 15) is 9.59 Å². The van der Waals surface area contributed by atoms with Gasteiger partial charge in [0.2, 0.25) is 5.91 Å². The summed E-state index contributed by atoms with van der Waals surface area (Å²) in [6.45, 7) is 1.34. The summed E-state index contributed by atoms with van der Waals surface area (Å²) in [5, 5.41) is 3.32. The van der Waals surface area contributed by atoms with Crippen molar-refractivity contribution in [2.24, 2.45) is 0 Å². The first kappa shape index (κ1) is 16.1. The van der Waals surface area contributed by atoms with E-state index in [1.807, 2.05) is 6.07 Å². The van der Waals surface area contributed by atoms with Crippen LogP contribution in [0.15, 0.2) is 33.8 Å². The van der Waals surface area contributed by atoms with Crippen LogP contribution in [0.25, 0.3) is 10.9 Å². The molecule has 1 fully saturated rings. The molecule has 2 heterocycles. The van der Waals surface area contributed by atoms with Crippen molar-refractivity contribution in [1.82, 2.24) is 14.9 Å². The van der Waals surface area contributed by atoms with E-state index in [1.165, 1.54) is 10.9 Å². The molecule has 122 valence electrons. The quantitative estimate of drug-likeness (QED) is 0.859. The van der Waals surface area contributed by atoms with Crippen LogP contribution < -0.4 is 10.9 Å². The Morgan fingerprint density at radius 2 is 2.35 bits per heavy atom. The summed E-state index contributed by atoms with van der Waals surface area (Å²) < 4.78 is 7.65. The van der Waals surface area contributed by atoms with Gasteiger partial charge >= 0.3 is 0 Å². The first-order chi connectivity index (χ1) is 11.1. The minimum absolute atomic E-state index is 0.0280. The van der Waals surface area contributed by atoms with Gasteiger partial charge in [-0.05, 0) is 37.5 Å². The number of hydrogen-bond donors (Lipinski definition) is 1. The maximum absolute atomic E-state index is 12.4. The molecule has 0 spiro atoms. The summed E-state index contributed by atoms with van der Waals surface area (Å²) in [6, 6.07) is 5.32.